The van der Waals surface area contributed by atoms with Gasteiger partial charge in [-0.05, 0) is 39.3 Å². The van der Waals surface area contributed by atoms with E-state index in [-0.39, 0.29) is 6.29 Å². The summed E-state index contributed by atoms with van der Waals surface area (Å²) in [5.74, 6) is 0.606. The predicted octanol–water partition coefficient (Wildman–Crippen LogP) is 2.04. The first-order chi connectivity index (χ1) is 7.81. The normalized spacial score (nSPS) is 27.1. The van der Waals surface area contributed by atoms with E-state index in [1.54, 1.807) is 0 Å². The Hall–Kier alpha value is -0.380. The maximum Gasteiger partial charge on any atom is 0.160 e. The van der Waals surface area contributed by atoms with Crippen LogP contribution in [0.25, 0.3) is 0 Å². The van der Waals surface area contributed by atoms with Gasteiger partial charge in [-0.2, -0.15) is 0 Å². The van der Waals surface area contributed by atoms with Crippen LogP contribution < -0.4 is 0 Å². The number of hydrogen-bond donors (Lipinski definition) is 0. The quantitative estimate of drug-likeness (QED) is 0.683. The third-order valence-electron chi connectivity index (χ3n) is 3.74. The number of ether oxygens (including phenoxy) is 2. The highest BCUT2D eigenvalue weighted by molar-refractivity contribution is 4.82. The molecule has 0 amide bonds. The third kappa shape index (κ3) is 2.84. The van der Waals surface area contributed by atoms with Crippen LogP contribution in [0, 0.1) is 5.92 Å². The molecule has 92 valence electrons. The van der Waals surface area contributed by atoms with Gasteiger partial charge >= 0.3 is 0 Å². The standard InChI is InChI=1S/C13H23NO2/c1-3-4-11(2)14-7-5-12(6-8-14)13-15-9-10-16-13/h3,11-13H,1,4-10H2,2H3. The lowest BCUT2D eigenvalue weighted by Crippen LogP contribution is -2.42. The lowest BCUT2D eigenvalue weighted by Gasteiger charge is -2.37. The van der Waals surface area contributed by atoms with E-state index >= 15 is 0 Å². The fourth-order valence-electron chi connectivity index (χ4n) is 2.67. The van der Waals surface area contributed by atoms with Crippen LogP contribution in [0.5, 0.6) is 0 Å². The largest absolute Gasteiger partial charge is 0.350 e. The Balaban J connectivity index is 1.75. The van der Waals surface area contributed by atoms with Crippen LogP contribution in [-0.2, 0) is 9.47 Å². The Morgan fingerprint density at radius 3 is 2.50 bits per heavy atom. The van der Waals surface area contributed by atoms with Crippen molar-refractivity contribution >= 4 is 0 Å². The molecule has 0 aromatic rings. The molecule has 0 radical (unpaired) electrons. The van der Waals surface area contributed by atoms with E-state index in [0.717, 1.165) is 19.6 Å². The number of likely N-dealkylation sites (tertiary alicyclic amines) is 1. The van der Waals surface area contributed by atoms with E-state index in [9.17, 15) is 0 Å². The van der Waals surface area contributed by atoms with Crippen LogP contribution in [0.15, 0.2) is 12.7 Å². The van der Waals surface area contributed by atoms with Crippen LogP contribution >= 0.6 is 0 Å². The highest BCUT2D eigenvalue weighted by Crippen LogP contribution is 2.26. The second-order valence-corrected chi connectivity index (χ2v) is 4.86. The van der Waals surface area contributed by atoms with E-state index in [2.05, 4.69) is 18.4 Å². The molecule has 0 spiro atoms. The second kappa shape index (κ2) is 5.80. The van der Waals surface area contributed by atoms with Crippen molar-refractivity contribution in [2.75, 3.05) is 26.3 Å². The van der Waals surface area contributed by atoms with Gasteiger partial charge in [-0.3, -0.25) is 0 Å². The first-order valence-electron chi connectivity index (χ1n) is 6.39. The van der Waals surface area contributed by atoms with Crippen molar-refractivity contribution in [1.29, 1.82) is 0 Å². The molecule has 16 heavy (non-hydrogen) atoms. The van der Waals surface area contributed by atoms with Gasteiger partial charge in [-0.15, -0.1) is 6.58 Å². The summed E-state index contributed by atoms with van der Waals surface area (Å²) in [6.45, 7) is 9.98. The summed E-state index contributed by atoms with van der Waals surface area (Å²) in [6.07, 6.45) is 5.58. The molecule has 3 nitrogen and oxygen atoms in total. The minimum atomic E-state index is 0.0804. The Bertz CT molecular complexity index is 218. The fourth-order valence-corrected chi connectivity index (χ4v) is 2.67. The van der Waals surface area contributed by atoms with Crippen molar-refractivity contribution in [2.45, 2.75) is 38.5 Å². The van der Waals surface area contributed by atoms with Crippen molar-refractivity contribution in [2.24, 2.45) is 5.92 Å². The van der Waals surface area contributed by atoms with E-state index in [1.807, 2.05) is 6.08 Å². The molecule has 3 heteroatoms. The smallest absolute Gasteiger partial charge is 0.160 e. The molecule has 0 saturated carbocycles. The number of rotatable bonds is 4. The van der Waals surface area contributed by atoms with Gasteiger partial charge in [0, 0.05) is 12.0 Å². The molecule has 0 aromatic carbocycles. The summed E-state index contributed by atoms with van der Waals surface area (Å²) in [6, 6.07) is 0.629. The van der Waals surface area contributed by atoms with Gasteiger partial charge < -0.3 is 14.4 Å². The van der Waals surface area contributed by atoms with Crippen molar-refractivity contribution in [3.05, 3.63) is 12.7 Å². The maximum atomic E-state index is 5.58. The average molecular weight is 225 g/mol. The summed E-state index contributed by atoms with van der Waals surface area (Å²) in [7, 11) is 0. The van der Waals surface area contributed by atoms with Gasteiger partial charge in [0.1, 0.15) is 0 Å². The highest BCUT2D eigenvalue weighted by Gasteiger charge is 2.31. The highest BCUT2D eigenvalue weighted by atomic mass is 16.7. The summed E-state index contributed by atoms with van der Waals surface area (Å²) in [4.78, 5) is 2.55. The summed E-state index contributed by atoms with van der Waals surface area (Å²) in [5.41, 5.74) is 0. The van der Waals surface area contributed by atoms with Gasteiger partial charge in [0.15, 0.2) is 6.29 Å². The van der Waals surface area contributed by atoms with E-state index in [4.69, 9.17) is 9.47 Å². The van der Waals surface area contributed by atoms with Gasteiger partial charge in [0.2, 0.25) is 0 Å². The average Bonchev–Trinajstić information content (AvgIpc) is 2.83. The molecule has 2 fully saturated rings. The number of hydrogen-bond acceptors (Lipinski definition) is 3. The first kappa shape index (κ1) is 12.1. The van der Waals surface area contributed by atoms with Crippen LogP contribution in [0.3, 0.4) is 0 Å². The monoisotopic (exact) mass is 225 g/mol. The lowest BCUT2D eigenvalue weighted by atomic mass is 9.95. The summed E-state index contributed by atoms with van der Waals surface area (Å²) >= 11 is 0. The Kier molecular flexibility index (Phi) is 4.38. The molecular weight excluding hydrogens is 202 g/mol. The zero-order valence-electron chi connectivity index (χ0n) is 10.2. The lowest BCUT2D eigenvalue weighted by molar-refractivity contribution is -0.0990. The summed E-state index contributed by atoms with van der Waals surface area (Å²) < 4.78 is 11.2. The Morgan fingerprint density at radius 2 is 1.94 bits per heavy atom. The Labute approximate surface area is 98.4 Å². The third-order valence-corrected chi connectivity index (χ3v) is 3.74. The van der Waals surface area contributed by atoms with Crippen LogP contribution in [0.1, 0.15) is 26.2 Å². The number of piperidine rings is 1. The van der Waals surface area contributed by atoms with Gasteiger partial charge in [0.25, 0.3) is 0 Å². The molecule has 2 aliphatic rings. The van der Waals surface area contributed by atoms with Gasteiger partial charge in [-0.25, -0.2) is 0 Å². The Morgan fingerprint density at radius 1 is 1.31 bits per heavy atom. The van der Waals surface area contributed by atoms with E-state index < -0.39 is 0 Å². The molecule has 0 N–H and O–H groups in total. The van der Waals surface area contributed by atoms with Crippen LogP contribution in [0.2, 0.25) is 0 Å². The van der Waals surface area contributed by atoms with Gasteiger partial charge in [0.05, 0.1) is 13.2 Å². The molecule has 1 atom stereocenters. The van der Waals surface area contributed by atoms with Crippen molar-refractivity contribution < 1.29 is 9.47 Å². The molecule has 2 rings (SSSR count). The van der Waals surface area contributed by atoms with E-state index in [0.29, 0.717) is 12.0 Å². The molecule has 1 unspecified atom stereocenters. The zero-order chi connectivity index (χ0) is 11.4. The zero-order valence-corrected chi connectivity index (χ0v) is 10.2. The van der Waals surface area contributed by atoms with Crippen molar-refractivity contribution in [3.63, 3.8) is 0 Å². The maximum absolute atomic E-state index is 5.58. The second-order valence-electron chi connectivity index (χ2n) is 4.86. The van der Waals surface area contributed by atoms with Crippen LogP contribution in [0.4, 0.5) is 0 Å². The van der Waals surface area contributed by atoms with E-state index in [1.165, 1.54) is 25.9 Å². The minimum absolute atomic E-state index is 0.0804. The molecule has 2 saturated heterocycles. The summed E-state index contributed by atoms with van der Waals surface area (Å²) in [5, 5.41) is 0. The number of nitrogens with zero attached hydrogens (tertiary/aromatic N) is 1. The minimum Gasteiger partial charge on any atom is -0.350 e. The molecule has 2 aliphatic heterocycles. The van der Waals surface area contributed by atoms with Crippen molar-refractivity contribution in [1.82, 2.24) is 4.90 Å². The SMILES string of the molecule is C=CCC(C)N1CCC(C2OCCO2)CC1. The molecule has 2 heterocycles. The molecule has 0 aliphatic carbocycles. The van der Waals surface area contributed by atoms with Gasteiger partial charge in [-0.1, -0.05) is 6.08 Å². The topological polar surface area (TPSA) is 21.7 Å². The predicted molar refractivity (Wildman–Crippen MR) is 64.3 cm³/mol. The molecule has 0 bridgehead atoms. The molecule has 0 aromatic heterocycles. The first-order valence-corrected chi connectivity index (χ1v) is 6.39. The van der Waals surface area contributed by atoms with Crippen molar-refractivity contribution in [3.8, 4) is 0 Å². The fraction of sp³-hybridized carbons (Fsp3) is 0.846. The van der Waals surface area contributed by atoms with Crippen LogP contribution in [-0.4, -0.2) is 43.5 Å². The molecular formula is C13H23NO2.